The molecule has 0 bridgehead atoms. The fourth-order valence-corrected chi connectivity index (χ4v) is 2.33. The van der Waals surface area contributed by atoms with E-state index in [0.717, 1.165) is 0 Å². The highest BCUT2D eigenvalue weighted by Crippen LogP contribution is 2.15. The largest absolute Gasteiger partial charge is 0.480 e. The van der Waals surface area contributed by atoms with E-state index in [4.69, 9.17) is 5.11 Å². The highest BCUT2D eigenvalue weighted by atomic mass is 16.4. The first-order chi connectivity index (χ1) is 11.0. The summed E-state index contributed by atoms with van der Waals surface area (Å²) in [5, 5.41) is 8.99. The minimum atomic E-state index is -1.07. The molecule has 0 radical (unpaired) electrons. The van der Waals surface area contributed by atoms with Crippen LogP contribution in [-0.4, -0.2) is 47.4 Å². The van der Waals surface area contributed by atoms with Crippen molar-refractivity contribution in [2.75, 3.05) is 24.5 Å². The van der Waals surface area contributed by atoms with E-state index in [1.165, 1.54) is 4.90 Å². The Kier molecular flexibility index (Phi) is 7.80. The molecule has 0 aliphatic heterocycles. The van der Waals surface area contributed by atoms with Gasteiger partial charge in [0.25, 0.3) is 0 Å². The summed E-state index contributed by atoms with van der Waals surface area (Å²) in [6.45, 7) is 4.75. The van der Waals surface area contributed by atoms with Crippen molar-refractivity contribution < 1.29 is 19.5 Å². The normalized spacial score (nSPS) is 10.2. The van der Waals surface area contributed by atoms with Crippen molar-refractivity contribution in [1.29, 1.82) is 0 Å². The molecule has 2 amide bonds. The van der Waals surface area contributed by atoms with E-state index in [0.29, 0.717) is 31.6 Å². The molecule has 1 aromatic carbocycles. The molecular formula is C17H24N2O4. The van der Waals surface area contributed by atoms with Gasteiger partial charge >= 0.3 is 5.97 Å². The SMILES string of the molecule is CCN(CC)C(=O)CCCC(=O)N(CC(=O)O)c1ccccc1. The van der Waals surface area contributed by atoms with Crippen LogP contribution in [-0.2, 0) is 14.4 Å². The third-order valence-corrected chi connectivity index (χ3v) is 3.56. The lowest BCUT2D eigenvalue weighted by molar-refractivity contribution is -0.137. The monoisotopic (exact) mass is 320 g/mol. The average Bonchev–Trinajstić information content (AvgIpc) is 2.54. The van der Waals surface area contributed by atoms with Crippen molar-refractivity contribution in [2.45, 2.75) is 33.1 Å². The number of amides is 2. The third-order valence-electron chi connectivity index (χ3n) is 3.56. The van der Waals surface area contributed by atoms with Crippen molar-refractivity contribution in [3.63, 3.8) is 0 Å². The summed E-state index contributed by atoms with van der Waals surface area (Å²) in [5.74, 6) is -1.33. The van der Waals surface area contributed by atoms with Crippen LogP contribution in [0.1, 0.15) is 33.1 Å². The second-order valence-electron chi connectivity index (χ2n) is 5.13. The van der Waals surface area contributed by atoms with Crippen LogP contribution < -0.4 is 4.90 Å². The van der Waals surface area contributed by atoms with Crippen LogP contribution in [0, 0.1) is 0 Å². The molecule has 0 unspecified atom stereocenters. The molecule has 23 heavy (non-hydrogen) atoms. The maximum absolute atomic E-state index is 12.3. The lowest BCUT2D eigenvalue weighted by atomic mass is 10.2. The van der Waals surface area contributed by atoms with Crippen molar-refractivity contribution in [2.24, 2.45) is 0 Å². The Balaban J connectivity index is 2.61. The molecule has 1 rings (SSSR count). The zero-order valence-electron chi connectivity index (χ0n) is 13.7. The lowest BCUT2D eigenvalue weighted by Gasteiger charge is -2.21. The number of benzene rings is 1. The van der Waals surface area contributed by atoms with Crippen molar-refractivity contribution in [3.05, 3.63) is 30.3 Å². The highest BCUT2D eigenvalue weighted by Gasteiger charge is 2.19. The molecule has 0 aliphatic carbocycles. The third kappa shape index (κ3) is 6.10. The van der Waals surface area contributed by atoms with Gasteiger partial charge in [-0.1, -0.05) is 18.2 Å². The minimum absolute atomic E-state index is 0.0206. The first-order valence-corrected chi connectivity index (χ1v) is 7.84. The maximum Gasteiger partial charge on any atom is 0.323 e. The minimum Gasteiger partial charge on any atom is -0.480 e. The summed E-state index contributed by atoms with van der Waals surface area (Å²) in [4.78, 5) is 38.2. The number of carbonyl (C=O) groups excluding carboxylic acids is 2. The van der Waals surface area contributed by atoms with Crippen LogP contribution in [0.15, 0.2) is 30.3 Å². The molecule has 126 valence electrons. The van der Waals surface area contributed by atoms with Crippen LogP contribution in [0.2, 0.25) is 0 Å². The Bertz CT molecular complexity index is 527. The molecule has 1 aromatic rings. The van der Waals surface area contributed by atoms with Gasteiger partial charge in [-0.05, 0) is 32.4 Å². The van der Waals surface area contributed by atoms with Gasteiger partial charge in [-0.2, -0.15) is 0 Å². The predicted molar refractivity (Wildman–Crippen MR) is 88.2 cm³/mol. The fourth-order valence-electron chi connectivity index (χ4n) is 2.33. The van der Waals surface area contributed by atoms with Crippen LogP contribution >= 0.6 is 0 Å². The first-order valence-electron chi connectivity index (χ1n) is 7.84. The van der Waals surface area contributed by atoms with E-state index >= 15 is 0 Å². The Morgan fingerprint density at radius 3 is 2.04 bits per heavy atom. The number of nitrogens with zero attached hydrogens (tertiary/aromatic N) is 2. The van der Waals surface area contributed by atoms with Gasteiger partial charge in [0.2, 0.25) is 11.8 Å². The van der Waals surface area contributed by atoms with E-state index in [1.807, 2.05) is 13.8 Å². The predicted octanol–water partition coefficient (Wildman–Crippen LogP) is 2.14. The molecule has 6 nitrogen and oxygen atoms in total. The number of para-hydroxylation sites is 1. The van der Waals surface area contributed by atoms with Gasteiger partial charge in [-0.25, -0.2) is 0 Å². The molecule has 0 fully saturated rings. The maximum atomic E-state index is 12.3. The molecule has 0 saturated carbocycles. The van der Waals surface area contributed by atoms with E-state index < -0.39 is 5.97 Å². The molecule has 0 aliphatic rings. The van der Waals surface area contributed by atoms with Crippen molar-refractivity contribution >= 4 is 23.5 Å². The number of rotatable bonds is 9. The van der Waals surface area contributed by atoms with Crippen molar-refractivity contribution in [1.82, 2.24) is 4.90 Å². The summed E-state index contributed by atoms with van der Waals surface area (Å²) in [5.41, 5.74) is 0.551. The smallest absolute Gasteiger partial charge is 0.323 e. The van der Waals surface area contributed by atoms with Crippen LogP contribution in [0.25, 0.3) is 0 Å². The number of carboxylic acid groups (broad SMARTS) is 1. The van der Waals surface area contributed by atoms with E-state index in [9.17, 15) is 14.4 Å². The second kappa shape index (κ2) is 9.61. The van der Waals surface area contributed by atoms with Crippen molar-refractivity contribution in [3.8, 4) is 0 Å². The number of aliphatic carboxylic acids is 1. The van der Waals surface area contributed by atoms with Gasteiger partial charge in [0.1, 0.15) is 6.54 Å². The summed E-state index contributed by atoms with van der Waals surface area (Å²) >= 11 is 0. The summed E-state index contributed by atoms with van der Waals surface area (Å²) in [6.07, 6.45) is 0.857. The van der Waals surface area contributed by atoms with Gasteiger partial charge < -0.3 is 14.9 Å². The highest BCUT2D eigenvalue weighted by molar-refractivity contribution is 5.97. The molecule has 6 heteroatoms. The van der Waals surface area contributed by atoms with Gasteiger partial charge in [-0.3, -0.25) is 14.4 Å². The van der Waals surface area contributed by atoms with E-state index in [2.05, 4.69) is 0 Å². The number of hydrogen-bond acceptors (Lipinski definition) is 3. The second-order valence-corrected chi connectivity index (χ2v) is 5.13. The molecule has 0 heterocycles. The van der Waals surface area contributed by atoms with Gasteiger partial charge in [0.05, 0.1) is 0 Å². The van der Waals surface area contributed by atoms with Crippen LogP contribution in [0.5, 0.6) is 0 Å². The van der Waals surface area contributed by atoms with Gasteiger partial charge in [-0.15, -0.1) is 0 Å². The summed E-state index contributed by atoms with van der Waals surface area (Å²) in [7, 11) is 0. The molecule has 0 atom stereocenters. The zero-order valence-corrected chi connectivity index (χ0v) is 13.7. The van der Waals surface area contributed by atoms with E-state index in [1.54, 1.807) is 35.2 Å². The Hall–Kier alpha value is -2.37. The fraction of sp³-hybridized carbons (Fsp3) is 0.471. The topological polar surface area (TPSA) is 77.9 Å². The molecule has 1 N–H and O–H groups in total. The zero-order chi connectivity index (χ0) is 17.2. The van der Waals surface area contributed by atoms with E-state index in [-0.39, 0.29) is 24.8 Å². The standard InChI is InChI=1S/C17H24N2O4/c1-3-18(4-2)15(20)11-8-12-16(21)19(13-17(22)23)14-9-6-5-7-10-14/h5-7,9-10H,3-4,8,11-13H2,1-2H3,(H,22,23). The summed E-state index contributed by atoms with van der Waals surface area (Å²) in [6, 6.07) is 8.70. The summed E-state index contributed by atoms with van der Waals surface area (Å²) < 4.78 is 0. The lowest BCUT2D eigenvalue weighted by Crippen LogP contribution is -2.36. The number of hydrogen-bond donors (Lipinski definition) is 1. The Labute approximate surface area is 136 Å². The average molecular weight is 320 g/mol. The molecule has 0 aromatic heterocycles. The molecule has 0 saturated heterocycles. The van der Waals surface area contributed by atoms with Crippen LogP contribution in [0.4, 0.5) is 5.69 Å². The van der Waals surface area contributed by atoms with Gasteiger partial charge in [0.15, 0.2) is 0 Å². The van der Waals surface area contributed by atoms with Crippen LogP contribution in [0.3, 0.4) is 0 Å². The number of carbonyl (C=O) groups is 3. The quantitative estimate of drug-likeness (QED) is 0.756. The first kappa shape index (κ1) is 18.7. The number of anilines is 1. The number of carboxylic acids is 1. The molecule has 0 spiro atoms. The Morgan fingerprint density at radius 1 is 0.957 bits per heavy atom. The van der Waals surface area contributed by atoms with Gasteiger partial charge in [0, 0.05) is 31.6 Å². The molecular weight excluding hydrogens is 296 g/mol. The Morgan fingerprint density at radius 2 is 1.52 bits per heavy atom.